The Morgan fingerprint density at radius 1 is 1.07 bits per heavy atom. The molecule has 0 fully saturated rings. The zero-order valence-corrected chi connectivity index (χ0v) is 16.2. The summed E-state index contributed by atoms with van der Waals surface area (Å²) in [6.45, 7) is 4.90. The van der Waals surface area contributed by atoms with Gasteiger partial charge in [0.1, 0.15) is 17.1 Å². The number of benzene rings is 2. The van der Waals surface area contributed by atoms with Gasteiger partial charge in [-0.2, -0.15) is 13.2 Å². The molecule has 0 unspecified atom stereocenters. The van der Waals surface area contributed by atoms with Crippen molar-refractivity contribution < 1.29 is 27.5 Å². The molecular weight excluding hydrogens is 404 g/mol. The van der Waals surface area contributed by atoms with Crippen LogP contribution in [0.1, 0.15) is 42.3 Å². The number of phenols is 1. The molecule has 3 rings (SSSR count). The largest absolute Gasteiger partial charge is 0.508 e. The molecule has 0 radical (unpaired) electrons. The van der Waals surface area contributed by atoms with Crippen molar-refractivity contribution in [1.29, 1.82) is 0 Å². The third-order valence-electron chi connectivity index (χ3n) is 4.58. The van der Waals surface area contributed by atoms with Crippen LogP contribution in [0.4, 0.5) is 23.2 Å². The van der Waals surface area contributed by atoms with Gasteiger partial charge in [0.25, 0.3) is 5.91 Å². The van der Waals surface area contributed by atoms with E-state index < -0.39 is 51.3 Å². The number of hydrogen-bond acceptors (Lipinski definition) is 3. The van der Waals surface area contributed by atoms with Crippen LogP contribution >= 0.6 is 0 Å². The minimum Gasteiger partial charge on any atom is -0.508 e. The van der Waals surface area contributed by atoms with E-state index in [0.29, 0.717) is 0 Å². The van der Waals surface area contributed by atoms with Crippen LogP contribution in [0.15, 0.2) is 41.3 Å². The highest BCUT2D eigenvalue weighted by Gasteiger charge is 2.36. The fourth-order valence-electron chi connectivity index (χ4n) is 3.08. The number of fused-ring (bicyclic) bond motifs is 1. The van der Waals surface area contributed by atoms with Crippen molar-refractivity contribution in [1.82, 2.24) is 4.98 Å². The first-order chi connectivity index (χ1) is 13.8. The number of rotatable bonds is 2. The van der Waals surface area contributed by atoms with E-state index in [2.05, 4.69) is 4.98 Å². The zero-order chi connectivity index (χ0) is 22.4. The molecular formula is C21H18F4N2O3. The number of pyridine rings is 1. The van der Waals surface area contributed by atoms with Gasteiger partial charge in [-0.05, 0) is 35.2 Å². The molecule has 1 amide bonds. The summed E-state index contributed by atoms with van der Waals surface area (Å²) in [5, 5.41) is 12.1. The molecule has 0 aliphatic carbocycles. The lowest BCUT2D eigenvalue weighted by Gasteiger charge is -2.24. The fraction of sp³-hybridized carbons (Fsp3) is 0.238. The Balaban J connectivity index is 2.09. The summed E-state index contributed by atoms with van der Waals surface area (Å²) >= 11 is 0. The third kappa shape index (κ3) is 4.00. The van der Waals surface area contributed by atoms with E-state index >= 15 is 0 Å². The SMILES string of the molecule is CC(C)(C)c1cc(C(F)(F)F)c(NC(=O)c2c[nH]c3ccc(F)cc3c2=O)cc1O. The minimum atomic E-state index is -4.82. The summed E-state index contributed by atoms with van der Waals surface area (Å²) in [5.74, 6) is -2.26. The van der Waals surface area contributed by atoms with Crippen molar-refractivity contribution in [3.05, 3.63) is 69.3 Å². The van der Waals surface area contributed by atoms with Crippen LogP contribution in [-0.4, -0.2) is 16.0 Å². The Morgan fingerprint density at radius 3 is 2.33 bits per heavy atom. The van der Waals surface area contributed by atoms with Crippen molar-refractivity contribution in [2.45, 2.75) is 32.4 Å². The van der Waals surface area contributed by atoms with E-state index in [1.807, 2.05) is 5.32 Å². The smallest absolute Gasteiger partial charge is 0.418 e. The molecule has 0 bridgehead atoms. The summed E-state index contributed by atoms with van der Waals surface area (Å²) in [5.41, 5.74) is -3.68. The van der Waals surface area contributed by atoms with Crippen LogP contribution in [-0.2, 0) is 11.6 Å². The molecule has 30 heavy (non-hydrogen) atoms. The molecule has 3 N–H and O–H groups in total. The van der Waals surface area contributed by atoms with Crippen molar-refractivity contribution in [3.8, 4) is 5.75 Å². The topological polar surface area (TPSA) is 82.2 Å². The molecule has 5 nitrogen and oxygen atoms in total. The first-order valence-electron chi connectivity index (χ1n) is 8.86. The Bertz CT molecular complexity index is 1210. The maximum Gasteiger partial charge on any atom is 0.418 e. The summed E-state index contributed by atoms with van der Waals surface area (Å²) in [4.78, 5) is 27.7. The quantitative estimate of drug-likeness (QED) is 0.512. The predicted octanol–water partition coefficient (Wildman–Crippen LogP) is 4.94. The number of alkyl halides is 3. The molecule has 1 heterocycles. The number of amides is 1. The lowest BCUT2D eigenvalue weighted by molar-refractivity contribution is -0.137. The first kappa shape index (κ1) is 21.4. The molecule has 1 aromatic heterocycles. The summed E-state index contributed by atoms with van der Waals surface area (Å²) in [7, 11) is 0. The Labute approximate surface area is 168 Å². The number of nitrogens with one attached hydrogen (secondary N) is 2. The molecule has 0 spiro atoms. The van der Waals surface area contributed by atoms with Gasteiger partial charge < -0.3 is 15.4 Å². The summed E-state index contributed by atoms with van der Waals surface area (Å²) in [6.07, 6.45) is -3.79. The maximum atomic E-state index is 13.6. The van der Waals surface area contributed by atoms with Gasteiger partial charge in [-0.15, -0.1) is 0 Å². The van der Waals surface area contributed by atoms with E-state index in [1.165, 1.54) is 6.07 Å². The number of phenolic OH excluding ortho intramolecular Hbond substituents is 1. The second-order valence-corrected chi connectivity index (χ2v) is 7.84. The number of aromatic nitrogens is 1. The molecule has 9 heteroatoms. The van der Waals surface area contributed by atoms with Crippen molar-refractivity contribution >= 4 is 22.5 Å². The Hall–Kier alpha value is -3.36. The van der Waals surface area contributed by atoms with E-state index in [4.69, 9.17) is 0 Å². The van der Waals surface area contributed by atoms with E-state index in [0.717, 1.165) is 30.5 Å². The molecule has 0 saturated carbocycles. The van der Waals surface area contributed by atoms with Gasteiger partial charge in [-0.3, -0.25) is 9.59 Å². The Morgan fingerprint density at radius 2 is 1.73 bits per heavy atom. The number of H-pyrrole nitrogens is 1. The monoisotopic (exact) mass is 422 g/mol. The van der Waals surface area contributed by atoms with Crippen molar-refractivity contribution in [3.63, 3.8) is 0 Å². The third-order valence-corrected chi connectivity index (χ3v) is 4.58. The second kappa shape index (κ2) is 7.16. The van der Waals surface area contributed by atoms with Crippen molar-refractivity contribution in [2.24, 2.45) is 0 Å². The zero-order valence-electron chi connectivity index (χ0n) is 16.2. The molecule has 0 atom stereocenters. The fourth-order valence-corrected chi connectivity index (χ4v) is 3.08. The molecule has 3 aromatic rings. The predicted molar refractivity (Wildman–Crippen MR) is 104 cm³/mol. The molecule has 0 aliphatic rings. The van der Waals surface area contributed by atoms with Crippen LogP contribution in [0.2, 0.25) is 0 Å². The highest BCUT2D eigenvalue weighted by molar-refractivity contribution is 6.06. The number of halogens is 4. The molecule has 158 valence electrons. The number of anilines is 1. The number of carbonyl (C=O) groups is 1. The van der Waals surface area contributed by atoms with Gasteiger partial charge in [0, 0.05) is 23.2 Å². The van der Waals surface area contributed by atoms with Crippen LogP contribution in [0, 0.1) is 5.82 Å². The van der Waals surface area contributed by atoms with E-state index in [-0.39, 0.29) is 16.5 Å². The minimum absolute atomic E-state index is 0.0480. The average molecular weight is 422 g/mol. The highest BCUT2D eigenvalue weighted by Crippen LogP contribution is 2.42. The molecule has 0 aliphatic heterocycles. The molecule has 2 aromatic carbocycles. The maximum absolute atomic E-state index is 13.6. The average Bonchev–Trinajstić information content (AvgIpc) is 2.60. The van der Waals surface area contributed by atoms with Crippen molar-refractivity contribution in [2.75, 3.05) is 5.32 Å². The van der Waals surface area contributed by atoms with Crippen LogP contribution < -0.4 is 10.7 Å². The van der Waals surface area contributed by atoms with Gasteiger partial charge in [-0.25, -0.2) is 4.39 Å². The van der Waals surface area contributed by atoms with Gasteiger partial charge in [0.15, 0.2) is 0 Å². The van der Waals surface area contributed by atoms with E-state index in [1.54, 1.807) is 20.8 Å². The number of carbonyl (C=O) groups excluding carboxylic acids is 1. The Kier molecular flexibility index (Phi) is 5.09. The van der Waals surface area contributed by atoms with Gasteiger partial charge in [-0.1, -0.05) is 20.8 Å². The lowest BCUT2D eigenvalue weighted by Crippen LogP contribution is -2.24. The number of hydrogen-bond donors (Lipinski definition) is 3. The van der Waals surface area contributed by atoms with E-state index in [9.17, 15) is 32.3 Å². The van der Waals surface area contributed by atoms with Crippen LogP contribution in [0.5, 0.6) is 5.75 Å². The lowest BCUT2D eigenvalue weighted by atomic mass is 9.85. The first-order valence-corrected chi connectivity index (χ1v) is 8.86. The highest BCUT2D eigenvalue weighted by atomic mass is 19.4. The van der Waals surface area contributed by atoms with Gasteiger partial charge in [0.2, 0.25) is 5.43 Å². The summed E-state index contributed by atoms with van der Waals surface area (Å²) < 4.78 is 54.2. The standard InChI is InChI=1S/C21H18F4N2O3/c1-20(2,3)14-7-13(21(23,24)25)16(8-17(14)28)27-19(30)12-9-26-15-5-4-10(22)6-11(15)18(12)29/h4-9,28H,1-3H3,(H,26,29)(H,27,30). The normalized spacial score (nSPS) is 12.2. The number of aromatic hydroxyl groups is 1. The second-order valence-electron chi connectivity index (χ2n) is 7.84. The summed E-state index contributed by atoms with van der Waals surface area (Å²) in [6, 6.07) is 4.92. The van der Waals surface area contributed by atoms with Gasteiger partial charge in [0.05, 0.1) is 11.3 Å². The van der Waals surface area contributed by atoms with Crippen LogP contribution in [0.25, 0.3) is 10.9 Å². The van der Waals surface area contributed by atoms with Gasteiger partial charge >= 0.3 is 6.18 Å². The van der Waals surface area contributed by atoms with Crippen LogP contribution in [0.3, 0.4) is 0 Å². The molecule has 0 saturated heterocycles. The number of aromatic amines is 1.